The van der Waals surface area contributed by atoms with Gasteiger partial charge in [-0.25, -0.2) is 19.4 Å². The second kappa shape index (κ2) is 14.9. The van der Waals surface area contributed by atoms with Crippen LogP contribution in [-0.4, -0.2) is 35.7 Å². The summed E-state index contributed by atoms with van der Waals surface area (Å²) in [4.78, 5) is 41.9. The highest BCUT2D eigenvalue weighted by molar-refractivity contribution is 5.84. The van der Waals surface area contributed by atoms with Crippen LogP contribution in [0.15, 0.2) is 0 Å². The number of unbranched alkanes of at least 4 members (excludes halogenated alkanes) is 8. The Kier molecular flexibility index (Phi) is 13.9. The van der Waals surface area contributed by atoms with Gasteiger partial charge in [0.2, 0.25) is 12.1 Å². The van der Waals surface area contributed by atoms with Crippen LogP contribution in [0.2, 0.25) is 0 Å². The first-order valence-electron chi connectivity index (χ1n) is 8.60. The molecule has 0 radical (unpaired) electrons. The molecule has 24 heavy (non-hydrogen) atoms. The van der Waals surface area contributed by atoms with Crippen molar-refractivity contribution in [3.8, 4) is 0 Å². The summed E-state index contributed by atoms with van der Waals surface area (Å²) >= 11 is 0. The van der Waals surface area contributed by atoms with Crippen molar-refractivity contribution in [2.75, 3.05) is 6.54 Å². The van der Waals surface area contributed by atoms with Gasteiger partial charge in [-0.3, -0.25) is 4.79 Å². The molecule has 0 aliphatic carbocycles. The quantitative estimate of drug-likeness (QED) is 0.198. The van der Waals surface area contributed by atoms with Gasteiger partial charge >= 0.3 is 11.9 Å². The van der Waals surface area contributed by atoms with Crippen molar-refractivity contribution in [1.82, 2.24) is 5.32 Å². The maximum atomic E-state index is 11.4. The highest BCUT2D eigenvalue weighted by Crippen LogP contribution is 2.10. The SMILES string of the molecule is CCCCCCCCCCCC(=O)OOC(=O)C(O)NC(=O)CN. The predicted molar refractivity (Wildman–Crippen MR) is 87.2 cm³/mol. The molecular formula is C16H30N2O6. The standard InChI is InChI=1S/C16H30N2O6/c1-2-3-4-5-6-7-8-9-10-11-14(20)23-24-16(22)15(21)18-13(19)12-17/h15,21H,2-12,17H2,1H3,(H,18,19). The van der Waals surface area contributed by atoms with Crippen LogP contribution in [-0.2, 0) is 24.2 Å². The lowest BCUT2D eigenvalue weighted by molar-refractivity contribution is -0.265. The number of carbonyl (C=O) groups excluding carboxylic acids is 3. The summed E-state index contributed by atoms with van der Waals surface area (Å²) in [6.07, 6.45) is 8.27. The molecule has 0 aliphatic heterocycles. The molecule has 0 rings (SSSR count). The van der Waals surface area contributed by atoms with Crippen molar-refractivity contribution in [3.63, 3.8) is 0 Å². The molecule has 0 aromatic rings. The fourth-order valence-electron chi connectivity index (χ4n) is 2.03. The summed E-state index contributed by atoms with van der Waals surface area (Å²) in [7, 11) is 0. The van der Waals surface area contributed by atoms with E-state index in [1.807, 2.05) is 5.32 Å². The summed E-state index contributed by atoms with van der Waals surface area (Å²) in [5, 5.41) is 11.1. The van der Waals surface area contributed by atoms with Gasteiger partial charge in [-0.1, -0.05) is 58.3 Å². The second-order valence-corrected chi connectivity index (χ2v) is 5.61. The van der Waals surface area contributed by atoms with Gasteiger partial charge in [-0.15, -0.1) is 0 Å². The molecule has 4 N–H and O–H groups in total. The van der Waals surface area contributed by atoms with Crippen LogP contribution in [0.5, 0.6) is 0 Å². The average Bonchev–Trinajstić information content (AvgIpc) is 2.57. The number of rotatable bonds is 13. The van der Waals surface area contributed by atoms with Crippen molar-refractivity contribution < 1.29 is 29.3 Å². The fraction of sp³-hybridized carbons (Fsp3) is 0.812. The molecule has 0 saturated heterocycles. The largest absolute Gasteiger partial charge is 0.404 e. The highest BCUT2D eigenvalue weighted by Gasteiger charge is 2.21. The molecule has 0 aromatic carbocycles. The van der Waals surface area contributed by atoms with E-state index in [0.29, 0.717) is 6.42 Å². The van der Waals surface area contributed by atoms with Crippen molar-refractivity contribution in [2.24, 2.45) is 5.73 Å². The van der Waals surface area contributed by atoms with E-state index in [4.69, 9.17) is 5.73 Å². The number of hydrogen-bond donors (Lipinski definition) is 3. The zero-order chi connectivity index (χ0) is 18.2. The average molecular weight is 346 g/mol. The van der Waals surface area contributed by atoms with Crippen molar-refractivity contribution in [1.29, 1.82) is 0 Å². The Morgan fingerprint density at radius 1 is 0.958 bits per heavy atom. The Morgan fingerprint density at radius 2 is 1.50 bits per heavy atom. The first-order chi connectivity index (χ1) is 11.5. The monoisotopic (exact) mass is 346 g/mol. The third-order valence-corrected chi connectivity index (χ3v) is 3.41. The number of nitrogens with one attached hydrogen (secondary N) is 1. The molecule has 0 fully saturated rings. The molecule has 0 aromatic heterocycles. The van der Waals surface area contributed by atoms with E-state index >= 15 is 0 Å². The van der Waals surface area contributed by atoms with Crippen molar-refractivity contribution in [3.05, 3.63) is 0 Å². The smallest absolute Gasteiger partial charge is 0.364 e. The Hall–Kier alpha value is -1.67. The molecule has 1 amide bonds. The van der Waals surface area contributed by atoms with Crippen LogP contribution in [0.25, 0.3) is 0 Å². The molecule has 0 saturated carbocycles. The maximum Gasteiger partial charge on any atom is 0.404 e. The Morgan fingerprint density at radius 3 is 2.04 bits per heavy atom. The number of amides is 1. The molecule has 0 bridgehead atoms. The van der Waals surface area contributed by atoms with Crippen LogP contribution >= 0.6 is 0 Å². The van der Waals surface area contributed by atoms with Gasteiger partial charge in [-0.05, 0) is 6.42 Å². The zero-order valence-corrected chi connectivity index (χ0v) is 14.4. The molecule has 8 nitrogen and oxygen atoms in total. The lowest BCUT2D eigenvalue weighted by atomic mass is 10.1. The van der Waals surface area contributed by atoms with Gasteiger partial charge in [0.25, 0.3) is 0 Å². The number of aliphatic hydroxyl groups excluding tert-OH is 1. The van der Waals surface area contributed by atoms with E-state index < -0.39 is 24.1 Å². The van der Waals surface area contributed by atoms with Gasteiger partial charge < -0.3 is 16.2 Å². The topological polar surface area (TPSA) is 128 Å². The van der Waals surface area contributed by atoms with Gasteiger partial charge in [0, 0.05) is 0 Å². The minimum Gasteiger partial charge on any atom is -0.364 e. The summed E-state index contributed by atoms with van der Waals surface area (Å²) < 4.78 is 0. The van der Waals surface area contributed by atoms with E-state index in [9.17, 15) is 19.5 Å². The number of nitrogens with two attached hydrogens (primary N) is 1. The summed E-state index contributed by atoms with van der Waals surface area (Å²) in [5.41, 5.74) is 5.00. The molecule has 1 unspecified atom stereocenters. The molecule has 1 atom stereocenters. The van der Waals surface area contributed by atoms with Gasteiger partial charge in [0.15, 0.2) is 0 Å². The molecule has 140 valence electrons. The number of carbonyl (C=O) groups is 3. The second-order valence-electron chi connectivity index (χ2n) is 5.61. The maximum absolute atomic E-state index is 11.4. The molecule has 0 spiro atoms. The fourth-order valence-corrected chi connectivity index (χ4v) is 2.03. The van der Waals surface area contributed by atoms with E-state index in [1.165, 1.54) is 32.1 Å². The van der Waals surface area contributed by atoms with E-state index in [-0.39, 0.29) is 13.0 Å². The zero-order valence-electron chi connectivity index (χ0n) is 14.4. The highest BCUT2D eigenvalue weighted by atomic mass is 17.2. The first-order valence-corrected chi connectivity index (χ1v) is 8.60. The van der Waals surface area contributed by atoms with Gasteiger partial charge in [0.1, 0.15) is 0 Å². The predicted octanol–water partition coefficient (Wildman–Crippen LogP) is 1.30. The summed E-state index contributed by atoms with van der Waals surface area (Å²) in [5.74, 6) is -2.71. The first kappa shape index (κ1) is 22.3. The van der Waals surface area contributed by atoms with Crippen molar-refractivity contribution in [2.45, 2.75) is 77.4 Å². The number of aliphatic hydroxyl groups is 1. The Balaban J connectivity index is 3.55. The van der Waals surface area contributed by atoms with Crippen LogP contribution in [0.1, 0.15) is 71.1 Å². The lowest BCUT2D eigenvalue weighted by Crippen LogP contribution is -2.44. The number of hydrogen-bond acceptors (Lipinski definition) is 7. The van der Waals surface area contributed by atoms with Crippen molar-refractivity contribution >= 4 is 17.8 Å². The normalized spacial score (nSPS) is 11.6. The van der Waals surface area contributed by atoms with E-state index in [0.717, 1.165) is 19.3 Å². The summed E-state index contributed by atoms with van der Waals surface area (Å²) in [6.45, 7) is 1.80. The van der Waals surface area contributed by atoms with E-state index in [2.05, 4.69) is 16.7 Å². The van der Waals surface area contributed by atoms with Crippen LogP contribution < -0.4 is 11.1 Å². The van der Waals surface area contributed by atoms with Crippen LogP contribution in [0, 0.1) is 0 Å². The van der Waals surface area contributed by atoms with Gasteiger partial charge in [0.05, 0.1) is 13.0 Å². The minimum atomic E-state index is -1.92. The lowest BCUT2D eigenvalue weighted by Gasteiger charge is -2.09. The summed E-state index contributed by atoms with van der Waals surface area (Å²) in [6, 6.07) is 0. The Labute approximate surface area is 143 Å². The Bertz CT molecular complexity index is 376. The molecular weight excluding hydrogens is 316 g/mol. The molecule has 8 heteroatoms. The van der Waals surface area contributed by atoms with Crippen LogP contribution in [0.3, 0.4) is 0 Å². The van der Waals surface area contributed by atoms with Crippen LogP contribution in [0.4, 0.5) is 0 Å². The molecule has 0 heterocycles. The molecule has 0 aliphatic rings. The third kappa shape index (κ3) is 12.8. The minimum absolute atomic E-state index is 0.133. The van der Waals surface area contributed by atoms with Gasteiger partial charge in [-0.2, -0.15) is 0 Å². The van der Waals surface area contributed by atoms with E-state index in [1.54, 1.807) is 0 Å². The third-order valence-electron chi connectivity index (χ3n) is 3.41.